The number of aromatic nitrogens is 3. The lowest BCUT2D eigenvalue weighted by Gasteiger charge is -2.34. The van der Waals surface area contributed by atoms with Crippen LogP contribution in [0.2, 0.25) is 0 Å². The van der Waals surface area contributed by atoms with Crippen LogP contribution in [0.5, 0.6) is 0 Å². The number of piperidine rings is 1. The van der Waals surface area contributed by atoms with E-state index in [9.17, 15) is 0 Å². The van der Waals surface area contributed by atoms with Crippen molar-refractivity contribution in [2.45, 2.75) is 32.7 Å². The summed E-state index contributed by atoms with van der Waals surface area (Å²) in [5.74, 6) is 0.924. The van der Waals surface area contributed by atoms with Gasteiger partial charge in [0.2, 0.25) is 0 Å². The molecule has 0 amide bonds. The number of nitrogens with two attached hydrogens (primary N) is 1. The highest BCUT2D eigenvalue weighted by atomic mass is 15.2. The maximum atomic E-state index is 8.79. The molecule has 0 aliphatic carbocycles. The molecule has 29 heavy (non-hydrogen) atoms. The van der Waals surface area contributed by atoms with Crippen molar-refractivity contribution in [3.8, 4) is 0 Å². The molecule has 7 heteroatoms. The van der Waals surface area contributed by atoms with Gasteiger partial charge in [-0.05, 0) is 44.4 Å². The van der Waals surface area contributed by atoms with Gasteiger partial charge < -0.3 is 20.9 Å². The minimum absolute atomic E-state index is 0.275. The Bertz CT molecular complexity index is 1070. The van der Waals surface area contributed by atoms with Gasteiger partial charge in [0.1, 0.15) is 18.0 Å². The van der Waals surface area contributed by atoms with Crippen LogP contribution in [-0.2, 0) is 0 Å². The lowest BCUT2D eigenvalue weighted by atomic mass is 10.0. The fourth-order valence-corrected chi connectivity index (χ4v) is 3.86. The van der Waals surface area contributed by atoms with Crippen molar-refractivity contribution in [3.63, 3.8) is 0 Å². The summed E-state index contributed by atoms with van der Waals surface area (Å²) in [6.07, 6.45) is 3.41. The van der Waals surface area contributed by atoms with E-state index in [4.69, 9.17) is 11.1 Å². The number of nitrogens with one attached hydrogen (secondary N) is 3. The van der Waals surface area contributed by atoms with Crippen LogP contribution in [0.25, 0.3) is 10.9 Å². The Labute approximate surface area is 170 Å². The largest absolute Gasteiger partial charge is 0.383 e. The molecule has 5 N–H and O–H groups in total. The predicted octanol–water partition coefficient (Wildman–Crippen LogP) is 3.67. The lowest BCUT2D eigenvalue weighted by molar-refractivity contribution is 0.273. The number of nitrogens with zero attached hydrogens (tertiary/aromatic N) is 3. The summed E-state index contributed by atoms with van der Waals surface area (Å²) in [6, 6.07) is 8.44. The highest BCUT2D eigenvalue weighted by Gasteiger charge is 2.23. The first-order valence-electron chi connectivity index (χ1n) is 9.88. The summed E-state index contributed by atoms with van der Waals surface area (Å²) in [6.45, 7) is 10.0. The molecular formula is C22H27N7. The van der Waals surface area contributed by atoms with Gasteiger partial charge in [0.25, 0.3) is 0 Å². The zero-order valence-corrected chi connectivity index (χ0v) is 16.9. The maximum Gasteiger partial charge on any atom is 0.141 e. The van der Waals surface area contributed by atoms with E-state index in [1.54, 1.807) is 0 Å². The molecule has 150 valence electrons. The third-order valence-corrected chi connectivity index (χ3v) is 5.55. The second-order valence-corrected chi connectivity index (χ2v) is 7.77. The number of anilines is 2. The highest BCUT2D eigenvalue weighted by Crippen LogP contribution is 2.26. The van der Waals surface area contributed by atoms with Crippen LogP contribution in [0.1, 0.15) is 36.6 Å². The van der Waals surface area contributed by atoms with E-state index in [0.29, 0.717) is 28.6 Å². The summed E-state index contributed by atoms with van der Waals surface area (Å²) >= 11 is 0. The Morgan fingerprint density at radius 2 is 2.03 bits per heavy atom. The van der Waals surface area contributed by atoms with Gasteiger partial charge in [0.15, 0.2) is 0 Å². The second kappa shape index (κ2) is 7.58. The van der Waals surface area contributed by atoms with Crippen molar-refractivity contribution in [2.75, 3.05) is 24.1 Å². The van der Waals surface area contributed by atoms with E-state index >= 15 is 0 Å². The smallest absolute Gasteiger partial charge is 0.141 e. The normalized spacial score (nSPS) is 14.9. The lowest BCUT2D eigenvalue weighted by Crippen LogP contribution is -2.38. The van der Waals surface area contributed by atoms with Crippen molar-refractivity contribution in [3.05, 3.63) is 59.7 Å². The summed E-state index contributed by atoms with van der Waals surface area (Å²) in [4.78, 5) is 14.2. The number of nitrogen functional groups attached to an aromatic ring is 1. The van der Waals surface area contributed by atoms with Gasteiger partial charge in [-0.2, -0.15) is 0 Å². The van der Waals surface area contributed by atoms with Gasteiger partial charge in [-0.25, -0.2) is 9.97 Å². The quantitative estimate of drug-likeness (QED) is 0.498. The molecule has 0 saturated carbocycles. The molecule has 0 spiro atoms. The number of likely N-dealkylation sites (tertiary alicyclic amines) is 1. The topological polar surface area (TPSA) is 107 Å². The number of aromatic amines is 1. The minimum atomic E-state index is 0.275. The van der Waals surface area contributed by atoms with E-state index in [1.807, 2.05) is 13.0 Å². The fourth-order valence-electron chi connectivity index (χ4n) is 3.86. The monoisotopic (exact) mass is 389 g/mol. The van der Waals surface area contributed by atoms with Crippen LogP contribution in [-0.4, -0.2) is 44.7 Å². The predicted molar refractivity (Wildman–Crippen MR) is 118 cm³/mol. The van der Waals surface area contributed by atoms with E-state index in [1.165, 1.54) is 11.9 Å². The summed E-state index contributed by atoms with van der Waals surface area (Å²) in [7, 11) is 0. The van der Waals surface area contributed by atoms with Gasteiger partial charge in [0.05, 0.1) is 17.0 Å². The van der Waals surface area contributed by atoms with E-state index in [-0.39, 0.29) is 6.04 Å². The SMILES string of the molecule is C=C(C)N1CCC(Nc2ncnc(N)c2C(=N)c2cc3ccc(C)cc3[nH]2)CC1. The first kappa shape index (κ1) is 19.0. The summed E-state index contributed by atoms with van der Waals surface area (Å²) < 4.78 is 0. The fraction of sp³-hybridized carbons (Fsp3) is 0.318. The summed E-state index contributed by atoms with van der Waals surface area (Å²) in [5, 5.41) is 13.4. The van der Waals surface area contributed by atoms with Gasteiger partial charge in [-0.15, -0.1) is 0 Å². The number of H-pyrrole nitrogens is 1. The number of aryl methyl sites for hydroxylation is 1. The van der Waals surface area contributed by atoms with Crippen molar-refractivity contribution in [2.24, 2.45) is 0 Å². The molecule has 0 unspecified atom stereocenters. The zero-order chi connectivity index (χ0) is 20.5. The standard InChI is InChI=1S/C22H27N7/c1-13(2)29-8-6-16(7-9-29)27-22-19(21(24)25-12-26-22)20(23)18-11-15-5-4-14(3)10-17(15)28-18/h4-5,10-12,16,23,28H,1,6-9H2,2-3H3,(H3,24,25,26,27). The van der Waals surface area contributed by atoms with Crippen LogP contribution < -0.4 is 11.1 Å². The maximum absolute atomic E-state index is 8.79. The number of allylic oxidation sites excluding steroid dienone is 1. The van der Waals surface area contributed by atoms with Gasteiger partial charge in [-0.1, -0.05) is 18.7 Å². The molecule has 7 nitrogen and oxygen atoms in total. The first-order valence-corrected chi connectivity index (χ1v) is 9.88. The number of benzene rings is 1. The molecule has 1 aliphatic rings. The van der Waals surface area contributed by atoms with E-state index in [2.05, 4.69) is 56.9 Å². The molecule has 3 aromatic rings. The molecule has 1 aromatic carbocycles. The van der Waals surface area contributed by atoms with Gasteiger partial charge in [0, 0.05) is 35.7 Å². The third-order valence-electron chi connectivity index (χ3n) is 5.55. The molecular weight excluding hydrogens is 362 g/mol. The van der Waals surface area contributed by atoms with Crippen LogP contribution in [0.4, 0.5) is 11.6 Å². The van der Waals surface area contributed by atoms with Gasteiger partial charge >= 0.3 is 0 Å². The molecule has 3 heterocycles. The van der Waals surface area contributed by atoms with Crippen LogP contribution >= 0.6 is 0 Å². The average Bonchev–Trinajstić information content (AvgIpc) is 3.11. The zero-order valence-electron chi connectivity index (χ0n) is 16.9. The van der Waals surface area contributed by atoms with E-state index in [0.717, 1.165) is 42.5 Å². The van der Waals surface area contributed by atoms with Crippen molar-refractivity contribution in [1.82, 2.24) is 19.9 Å². The Hall–Kier alpha value is -3.35. The Balaban J connectivity index is 1.60. The molecule has 0 atom stereocenters. The number of hydrogen-bond donors (Lipinski definition) is 4. The molecule has 0 bridgehead atoms. The highest BCUT2D eigenvalue weighted by molar-refractivity contribution is 6.16. The van der Waals surface area contributed by atoms with Crippen LogP contribution in [0.3, 0.4) is 0 Å². The van der Waals surface area contributed by atoms with Crippen LogP contribution in [0.15, 0.2) is 42.9 Å². The van der Waals surface area contributed by atoms with Gasteiger partial charge in [-0.3, -0.25) is 5.41 Å². The van der Waals surface area contributed by atoms with Crippen molar-refractivity contribution in [1.29, 1.82) is 5.41 Å². The minimum Gasteiger partial charge on any atom is -0.383 e. The van der Waals surface area contributed by atoms with E-state index < -0.39 is 0 Å². The molecule has 0 radical (unpaired) electrons. The number of fused-ring (bicyclic) bond motifs is 1. The molecule has 1 aliphatic heterocycles. The number of rotatable bonds is 5. The second-order valence-electron chi connectivity index (χ2n) is 7.77. The molecule has 4 rings (SSSR count). The van der Waals surface area contributed by atoms with Crippen LogP contribution in [0, 0.1) is 12.3 Å². The number of hydrogen-bond acceptors (Lipinski definition) is 6. The van der Waals surface area contributed by atoms with Crippen molar-refractivity contribution >= 4 is 28.3 Å². The molecule has 1 fully saturated rings. The average molecular weight is 390 g/mol. The third kappa shape index (κ3) is 3.81. The Kier molecular flexibility index (Phi) is 4.96. The summed E-state index contributed by atoms with van der Waals surface area (Å²) in [5.41, 5.74) is 11.0. The molecule has 1 saturated heterocycles. The Morgan fingerprint density at radius 3 is 2.76 bits per heavy atom. The van der Waals surface area contributed by atoms with Crippen molar-refractivity contribution < 1.29 is 0 Å². The molecule has 2 aromatic heterocycles. The Morgan fingerprint density at radius 1 is 1.28 bits per heavy atom. The first-order chi connectivity index (χ1) is 13.9.